The van der Waals surface area contributed by atoms with Gasteiger partial charge in [0.2, 0.25) is 0 Å². The van der Waals surface area contributed by atoms with E-state index in [-0.39, 0.29) is 5.69 Å². The molecule has 0 fully saturated rings. The molecule has 0 aliphatic carbocycles. The molecule has 11 heavy (non-hydrogen) atoms. The third-order valence-corrected chi connectivity index (χ3v) is 1.70. The van der Waals surface area contributed by atoms with E-state index in [4.69, 9.17) is 0 Å². The number of aromatic nitrogens is 2. The molecular formula is C8H11N2O. The summed E-state index contributed by atoms with van der Waals surface area (Å²) >= 11 is 0. The monoisotopic (exact) mass is 151 g/mol. The van der Waals surface area contributed by atoms with E-state index in [0.29, 0.717) is 6.42 Å². The summed E-state index contributed by atoms with van der Waals surface area (Å²) in [5, 5.41) is 0. The molecule has 0 saturated heterocycles. The molecule has 1 aromatic heterocycles. The average Bonchev–Trinajstić information content (AvgIpc) is 1.85. The standard InChI is InChI=1S/C8H11N2O/c1-4-7-5(2)9-8(11)10-6(7)3/h1,4H2,2-3H3,(H,9,10,11). The minimum Gasteiger partial charge on any atom is -0.310 e. The highest BCUT2D eigenvalue weighted by Gasteiger charge is 2.01. The van der Waals surface area contributed by atoms with Crippen molar-refractivity contribution in [2.45, 2.75) is 20.3 Å². The Morgan fingerprint density at radius 3 is 2.64 bits per heavy atom. The number of hydrogen-bond donors (Lipinski definition) is 1. The van der Waals surface area contributed by atoms with E-state index in [1.165, 1.54) is 0 Å². The minimum atomic E-state index is -0.280. The van der Waals surface area contributed by atoms with Gasteiger partial charge in [-0.2, -0.15) is 4.98 Å². The fourth-order valence-electron chi connectivity index (χ4n) is 1.12. The van der Waals surface area contributed by atoms with Crippen LogP contribution in [0.1, 0.15) is 17.0 Å². The van der Waals surface area contributed by atoms with Crippen LogP contribution in [0.5, 0.6) is 0 Å². The number of H-pyrrole nitrogens is 1. The van der Waals surface area contributed by atoms with Crippen LogP contribution in [0.2, 0.25) is 0 Å². The van der Waals surface area contributed by atoms with E-state index >= 15 is 0 Å². The highest BCUT2D eigenvalue weighted by molar-refractivity contribution is 5.22. The molecule has 0 unspecified atom stereocenters. The van der Waals surface area contributed by atoms with Crippen LogP contribution in [0.25, 0.3) is 0 Å². The number of aromatic amines is 1. The summed E-state index contributed by atoms with van der Waals surface area (Å²) in [6, 6.07) is 0. The summed E-state index contributed by atoms with van der Waals surface area (Å²) in [4.78, 5) is 17.2. The van der Waals surface area contributed by atoms with Crippen molar-refractivity contribution in [2.75, 3.05) is 0 Å². The van der Waals surface area contributed by atoms with E-state index in [1.807, 2.05) is 13.8 Å². The zero-order chi connectivity index (χ0) is 8.43. The Morgan fingerprint density at radius 1 is 1.55 bits per heavy atom. The Morgan fingerprint density at radius 2 is 2.18 bits per heavy atom. The summed E-state index contributed by atoms with van der Waals surface area (Å²) in [7, 11) is 0. The normalized spacial score (nSPS) is 10.1. The van der Waals surface area contributed by atoms with Crippen molar-refractivity contribution in [3.8, 4) is 0 Å². The summed E-state index contributed by atoms with van der Waals surface area (Å²) in [5.41, 5.74) is 2.40. The van der Waals surface area contributed by atoms with Gasteiger partial charge in [-0.15, -0.1) is 0 Å². The number of nitrogens with one attached hydrogen (secondary N) is 1. The molecule has 0 atom stereocenters. The fourth-order valence-corrected chi connectivity index (χ4v) is 1.12. The van der Waals surface area contributed by atoms with Crippen LogP contribution in [0.4, 0.5) is 0 Å². The van der Waals surface area contributed by atoms with Gasteiger partial charge in [0.15, 0.2) is 0 Å². The van der Waals surface area contributed by atoms with Crippen molar-refractivity contribution in [1.29, 1.82) is 0 Å². The van der Waals surface area contributed by atoms with Crippen LogP contribution in [0.3, 0.4) is 0 Å². The Hall–Kier alpha value is -1.12. The van der Waals surface area contributed by atoms with Gasteiger partial charge in [-0.1, -0.05) is 0 Å². The second kappa shape index (κ2) is 2.86. The number of rotatable bonds is 1. The molecule has 0 spiro atoms. The van der Waals surface area contributed by atoms with Crippen LogP contribution >= 0.6 is 0 Å². The van der Waals surface area contributed by atoms with Crippen molar-refractivity contribution in [3.63, 3.8) is 0 Å². The van der Waals surface area contributed by atoms with Crippen LogP contribution in [-0.4, -0.2) is 9.97 Å². The van der Waals surface area contributed by atoms with Gasteiger partial charge in [-0.25, -0.2) is 4.79 Å². The second-order valence-electron chi connectivity index (χ2n) is 2.48. The van der Waals surface area contributed by atoms with Crippen LogP contribution in [-0.2, 0) is 6.42 Å². The predicted molar refractivity (Wildman–Crippen MR) is 43.4 cm³/mol. The van der Waals surface area contributed by atoms with Gasteiger partial charge in [0, 0.05) is 11.4 Å². The molecule has 59 valence electrons. The lowest BCUT2D eigenvalue weighted by atomic mass is 10.1. The minimum absolute atomic E-state index is 0.280. The van der Waals surface area contributed by atoms with Crippen molar-refractivity contribution >= 4 is 0 Å². The van der Waals surface area contributed by atoms with E-state index in [2.05, 4.69) is 16.9 Å². The molecule has 0 aromatic carbocycles. The first-order valence-corrected chi connectivity index (χ1v) is 3.50. The topological polar surface area (TPSA) is 45.8 Å². The van der Waals surface area contributed by atoms with E-state index in [9.17, 15) is 4.79 Å². The average molecular weight is 151 g/mol. The van der Waals surface area contributed by atoms with E-state index in [1.54, 1.807) is 0 Å². The first-order chi connectivity index (χ1) is 5.15. The lowest BCUT2D eigenvalue weighted by Crippen LogP contribution is -2.15. The molecule has 1 radical (unpaired) electrons. The van der Waals surface area contributed by atoms with Gasteiger partial charge in [-0.05, 0) is 32.8 Å². The quantitative estimate of drug-likeness (QED) is 0.644. The fraction of sp³-hybridized carbons (Fsp3) is 0.375. The third-order valence-electron chi connectivity index (χ3n) is 1.70. The molecule has 0 bridgehead atoms. The van der Waals surface area contributed by atoms with Crippen molar-refractivity contribution < 1.29 is 0 Å². The molecule has 3 nitrogen and oxygen atoms in total. The molecule has 0 saturated carbocycles. The number of aryl methyl sites for hydroxylation is 2. The first kappa shape index (κ1) is 7.98. The van der Waals surface area contributed by atoms with Crippen LogP contribution < -0.4 is 5.69 Å². The SMILES string of the molecule is [CH2]Cc1c(C)nc(=O)[nH]c1C. The third kappa shape index (κ3) is 1.48. The highest BCUT2D eigenvalue weighted by atomic mass is 16.1. The van der Waals surface area contributed by atoms with Gasteiger partial charge in [-0.3, -0.25) is 0 Å². The molecular weight excluding hydrogens is 140 g/mol. The molecule has 3 heteroatoms. The van der Waals surface area contributed by atoms with Crippen molar-refractivity contribution in [1.82, 2.24) is 9.97 Å². The number of nitrogens with zero attached hydrogens (tertiary/aromatic N) is 1. The van der Waals surface area contributed by atoms with Gasteiger partial charge in [0.1, 0.15) is 0 Å². The van der Waals surface area contributed by atoms with E-state index in [0.717, 1.165) is 17.0 Å². The van der Waals surface area contributed by atoms with Crippen LogP contribution in [0.15, 0.2) is 4.79 Å². The maximum atomic E-state index is 10.8. The van der Waals surface area contributed by atoms with Crippen molar-refractivity contribution in [2.24, 2.45) is 0 Å². The highest BCUT2D eigenvalue weighted by Crippen LogP contribution is 2.05. The molecule has 1 N–H and O–H groups in total. The van der Waals surface area contributed by atoms with Gasteiger partial charge < -0.3 is 4.98 Å². The first-order valence-electron chi connectivity index (χ1n) is 3.50. The van der Waals surface area contributed by atoms with Gasteiger partial charge in [0.05, 0.1) is 0 Å². The lowest BCUT2D eigenvalue weighted by Gasteiger charge is -2.03. The van der Waals surface area contributed by atoms with Gasteiger partial charge in [0.25, 0.3) is 0 Å². The molecule has 1 heterocycles. The Labute approximate surface area is 65.5 Å². The molecule has 0 aliphatic heterocycles. The summed E-state index contributed by atoms with van der Waals surface area (Å²) in [6.45, 7) is 7.43. The second-order valence-corrected chi connectivity index (χ2v) is 2.48. The number of hydrogen-bond acceptors (Lipinski definition) is 2. The van der Waals surface area contributed by atoms with Crippen LogP contribution in [0, 0.1) is 20.8 Å². The molecule has 1 aromatic rings. The summed E-state index contributed by atoms with van der Waals surface area (Å²) in [6.07, 6.45) is 0.668. The Bertz CT molecular complexity index is 288. The van der Waals surface area contributed by atoms with E-state index < -0.39 is 0 Å². The Kier molecular flexibility index (Phi) is 2.08. The lowest BCUT2D eigenvalue weighted by molar-refractivity contribution is 0.936. The van der Waals surface area contributed by atoms with Crippen molar-refractivity contribution in [3.05, 3.63) is 34.4 Å². The summed E-state index contributed by atoms with van der Waals surface area (Å²) < 4.78 is 0. The Balaban J connectivity index is 3.36. The zero-order valence-electron chi connectivity index (χ0n) is 6.77. The summed E-state index contributed by atoms with van der Waals surface area (Å²) in [5.74, 6) is 0. The maximum absolute atomic E-state index is 10.8. The molecule has 0 amide bonds. The molecule has 1 rings (SSSR count). The van der Waals surface area contributed by atoms with Gasteiger partial charge >= 0.3 is 5.69 Å². The molecule has 0 aliphatic rings. The predicted octanol–water partition coefficient (Wildman–Crippen LogP) is 0.763. The maximum Gasteiger partial charge on any atom is 0.345 e. The smallest absolute Gasteiger partial charge is 0.310 e. The largest absolute Gasteiger partial charge is 0.345 e. The zero-order valence-corrected chi connectivity index (χ0v) is 6.77.